The Hall–Kier alpha value is -1.94. The van der Waals surface area contributed by atoms with Crippen LogP contribution in [0.3, 0.4) is 0 Å². The number of rotatable bonds is 11. The van der Waals surface area contributed by atoms with Gasteiger partial charge >= 0.3 is 0 Å². The van der Waals surface area contributed by atoms with Crippen molar-refractivity contribution in [3.63, 3.8) is 0 Å². The van der Waals surface area contributed by atoms with Crippen LogP contribution in [0.2, 0.25) is 18.6 Å². The molecular weight excluding hydrogens is 597 g/mol. The van der Waals surface area contributed by atoms with Crippen LogP contribution in [0.4, 0.5) is 0 Å². The molecule has 0 spiro atoms. The summed E-state index contributed by atoms with van der Waals surface area (Å²) in [5.74, 6) is 1.37. The molecule has 6 rings (SSSR count). The number of unbranched alkanes of at least 4 members (excludes halogenated alkanes) is 2. The first-order valence-corrected chi connectivity index (χ1v) is 23.1. The molecule has 0 aliphatic heterocycles. The maximum absolute atomic E-state index is 3.10. The SMILES string of the molecule is CCCCC1(CCCC)C2=CC3C(C=C2c2ccc(-c4ccc(C(C)(C)C)cc4)cc21)CCC3[Si](C)(C)N(C1CCCCC1)[N+](C)(C)C. The van der Waals surface area contributed by atoms with Crippen LogP contribution in [0.5, 0.6) is 0 Å². The number of quaternary nitrogens is 1. The van der Waals surface area contributed by atoms with Crippen LogP contribution in [0, 0.1) is 11.8 Å². The maximum Gasteiger partial charge on any atom is 0.190 e. The minimum Gasteiger partial charge on any atom is -0.258 e. The molecule has 0 heterocycles. The summed E-state index contributed by atoms with van der Waals surface area (Å²) in [6.45, 7) is 17.3. The monoisotopic (exact) mass is 666 g/mol. The minimum atomic E-state index is -1.79. The summed E-state index contributed by atoms with van der Waals surface area (Å²) >= 11 is 0. The van der Waals surface area contributed by atoms with Gasteiger partial charge in [0.1, 0.15) is 0 Å². The van der Waals surface area contributed by atoms with Gasteiger partial charge in [-0.1, -0.05) is 148 Å². The van der Waals surface area contributed by atoms with Gasteiger partial charge < -0.3 is 0 Å². The predicted octanol–water partition coefficient (Wildman–Crippen LogP) is 12.5. The van der Waals surface area contributed by atoms with Crippen molar-refractivity contribution in [3.8, 4) is 11.1 Å². The molecule has 3 unspecified atom stereocenters. The minimum absolute atomic E-state index is 0.140. The van der Waals surface area contributed by atoms with Gasteiger partial charge in [-0.25, -0.2) is 0 Å². The van der Waals surface area contributed by atoms with Gasteiger partial charge in [-0.2, -0.15) is 4.67 Å². The van der Waals surface area contributed by atoms with Crippen molar-refractivity contribution < 1.29 is 4.59 Å². The molecule has 0 amide bonds. The second-order valence-electron chi connectivity index (χ2n) is 18.7. The lowest BCUT2D eigenvalue weighted by atomic mass is 9.68. The number of hydrogen-bond donors (Lipinski definition) is 0. The van der Waals surface area contributed by atoms with Crippen molar-refractivity contribution in [3.05, 3.63) is 76.9 Å². The Morgan fingerprint density at radius 1 is 0.792 bits per heavy atom. The fraction of sp³-hybridized carbons (Fsp3) is 0.644. The summed E-state index contributed by atoms with van der Waals surface area (Å²) in [6.07, 6.45) is 23.2. The van der Waals surface area contributed by atoms with Crippen LogP contribution >= 0.6 is 0 Å². The Morgan fingerprint density at radius 3 is 2.00 bits per heavy atom. The molecule has 3 heteroatoms. The molecule has 0 aromatic heterocycles. The van der Waals surface area contributed by atoms with Crippen molar-refractivity contribution in [1.29, 1.82) is 0 Å². The fourth-order valence-electron chi connectivity index (χ4n) is 11.1. The van der Waals surface area contributed by atoms with E-state index in [9.17, 15) is 0 Å². The van der Waals surface area contributed by atoms with Crippen molar-refractivity contribution in [2.75, 3.05) is 21.1 Å². The number of nitrogens with zero attached hydrogens (tertiary/aromatic N) is 2. The molecule has 3 atom stereocenters. The van der Waals surface area contributed by atoms with E-state index in [1.54, 1.807) is 22.3 Å². The van der Waals surface area contributed by atoms with Crippen LogP contribution in [0.1, 0.15) is 135 Å². The molecule has 0 N–H and O–H groups in total. The Bertz CT molecular complexity index is 1480. The number of benzene rings is 2. The van der Waals surface area contributed by atoms with Gasteiger partial charge in [-0.05, 0) is 99.9 Å². The zero-order valence-electron chi connectivity index (χ0n) is 32.6. The highest BCUT2D eigenvalue weighted by molar-refractivity contribution is 6.76. The summed E-state index contributed by atoms with van der Waals surface area (Å²) in [5.41, 5.74) is 11.8. The summed E-state index contributed by atoms with van der Waals surface area (Å²) in [7, 11) is 5.61. The fourth-order valence-corrected chi connectivity index (χ4v) is 16.3. The average molecular weight is 666 g/mol. The third kappa shape index (κ3) is 6.50. The molecule has 0 saturated heterocycles. The van der Waals surface area contributed by atoms with E-state index >= 15 is 0 Å². The van der Waals surface area contributed by atoms with Crippen molar-refractivity contribution in [1.82, 2.24) is 4.67 Å². The van der Waals surface area contributed by atoms with Gasteiger partial charge in [0, 0.05) is 11.5 Å². The standard InChI is InChI=1S/C45H69N2Si/c1-11-13-28-45(29-14-12-2)41-31-34(33-20-24-36(25-21-33)44(3,4)5)22-26-38(41)40-30-35-23-27-43(39(35)32-42(40)45)48(9,10)46(47(6,7)8)37-18-16-15-17-19-37/h20-22,24-26,30-32,35,37,39,43H,11-19,23,27-29H2,1-10H3/q+1. The van der Waals surface area contributed by atoms with Gasteiger partial charge in [0.05, 0.1) is 21.1 Å². The van der Waals surface area contributed by atoms with Gasteiger partial charge in [0.15, 0.2) is 8.24 Å². The smallest absolute Gasteiger partial charge is 0.190 e. The molecule has 262 valence electrons. The highest BCUT2D eigenvalue weighted by Gasteiger charge is 2.56. The van der Waals surface area contributed by atoms with Gasteiger partial charge in [-0.15, -0.1) is 0 Å². The van der Waals surface area contributed by atoms with E-state index in [1.165, 1.54) is 100 Å². The lowest BCUT2D eigenvalue weighted by molar-refractivity contribution is -0.975. The lowest BCUT2D eigenvalue weighted by Gasteiger charge is -2.53. The van der Waals surface area contributed by atoms with Crippen LogP contribution < -0.4 is 0 Å². The van der Waals surface area contributed by atoms with Crippen LogP contribution in [-0.4, -0.2) is 44.7 Å². The van der Waals surface area contributed by atoms with Crippen molar-refractivity contribution in [2.24, 2.45) is 11.8 Å². The molecule has 2 nitrogen and oxygen atoms in total. The zero-order valence-corrected chi connectivity index (χ0v) is 33.6. The second-order valence-corrected chi connectivity index (χ2v) is 23.2. The first kappa shape index (κ1) is 35.9. The zero-order chi connectivity index (χ0) is 34.5. The largest absolute Gasteiger partial charge is 0.258 e. The predicted molar refractivity (Wildman–Crippen MR) is 212 cm³/mol. The maximum atomic E-state index is 3.10. The average Bonchev–Trinajstić information content (AvgIpc) is 3.58. The molecule has 0 radical (unpaired) electrons. The highest BCUT2D eigenvalue weighted by Crippen LogP contribution is 2.62. The summed E-state index contributed by atoms with van der Waals surface area (Å²) in [6, 6.07) is 17.8. The van der Waals surface area contributed by atoms with E-state index in [1.807, 2.05) is 0 Å². The van der Waals surface area contributed by atoms with Crippen LogP contribution in [0.15, 0.2) is 60.2 Å². The molecule has 2 aromatic carbocycles. The van der Waals surface area contributed by atoms with E-state index in [0.717, 1.165) is 16.2 Å². The molecule has 2 saturated carbocycles. The quantitative estimate of drug-likeness (QED) is 0.131. The third-order valence-electron chi connectivity index (χ3n) is 13.2. The molecule has 4 aliphatic carbocycles. The highest BCUT2D eigenvalue weighted by atomic mass is 28.3. The lowest BCUT2D eigenvalue weighted by Crippen LogP contribution is -2.69. The Labute approximate surface area is 296 Å². The number of allylic oxidation sites excluding steroid dienone is 4. The Morgan fingerprint density at radius 2 is 1.42 bits per heavy atom. The summed E-state index contributed by atoms with van der Waals surface area (Å²) in [4.78, 5) is 0. The third-order valence-corrected chi connectivity index (χ3v) is 17.8. The topological polar surface area (TPSA) is 3.24 Å². The first-order chi connectivity index (χ1) is 22.7. The normalized spacial score (nSPS) is 24.3. The van der Waals surface area contributed by atoms with Gasteiger partial charge in [0.2, 0.25) is 0 Å². The molecule has 2 aromatic rings. The number of fused-ring (bicyclic) bond motifs is 4. The Kier molecular flexibility index (Phi) is 10.2. The first-order valence-electron chi connectivity index (χ1n) is 20.0. The van der Waals surface area contributed by atoms with E-state index in [-0.39, 0.29) is 10.8 Å². The van der Waals surface area contributed by atoms with Crippen molar-refractivity contribution >= 4 is 13.8 Å². The summed E-state index contributed by atoms with van der Waals surface area (Å²) < 4.78 is 4.09. The molecule has 0 bridgehead atoms. The van der Waals surface area contributed by atoms with Gasteiger partial charge in [0.25, 0.3) is 0 Å². The summed E-state index contributed by atoms with van der Waals surface area (Å²) in [5, 5.41) is 0. The van der Waals surface area contributed by atoms with Crippen LogP contribution in [0.25, 0.3) is 16.7 Å². The van der Waals surface area contributed by atoms with E-state index in [0.29, 0.717) is 11.8 Å². The molecule has 2 fully saturated rings. The molecular formula is C45H69N2Si+. The molecule has 48 heavy (non-hydrogen) atoms. The second kappa shape index (κ2) is 13.6. The van der Waals surface area contributed by atoms with Gasteiger partial charge in [-0.3, -0.25) is 4.59 Å². The van der Waals surface area contributed by atoms with E-state index in [4.69, 9.17) is 0 Å². The Balaban J connectivity index is 1.43. The van der Waals surface area contributed by atoms with Crippen molar-refractivity contribution in [2.45, 2.75) is 154 Å². The van der Waals surface area contributed by atoms with Crippen LogP contribution in [-0.2, 0) is 10.8 Å². The van der Waals surface area contributed by atoms with E-state index < -0.39 is 8.24 Å². The number of hydrogen-bond acceptors (Lipinski definition) is 1. The molecule has 4 aliphatic rings. The van der Waals surface area contributed by atoms with E-state index in [2.05, 4.69) is 128 Å².